The number of aliphatic imine (C=N–C) groups is 1. The van der Waals surface area contributed by atoms with E-state index in [0.29, 0.717) is 24.5 Å². The highest BCUT2D eigenvalue weighted by atomic mass is 16.6. The molecular formula is C30H42N6O8. The number of hydrogen-bond acceptors (Lipinski definition) is 12. The van der Waals surface area contributed by atoms with Crippen LogP contribution in [0.15, 0.2) is 77.1 Å². The molecule has 0 spiro atoms. The highest BCUT2D eigenvalue weighted by Gasteiger charge is 2.19. The smallest absolute Gasteiger partial charge is 0.205 e. The Labute approximate surface area is 256 Å². The summed E-state index contributed by atoms with van der Waals surface area (Å²) in [6.07, 6.45) is 2.55. The van der Waals surface area contributed by atoms with Crippen LogP contribution in [0, 0.1) is 10.4 Å². The fourth-order valence-corrected chi connectivity index (χ4v) is 4.57. The number of aliphatic hydroxyl groups excluding tert-OH is 5. The molecule has 0 bridgehead atoms. The molecule has 1 aliphatic rings. The fraction of sp³-hybridized carbons (Fsp3) is 0.400. The highest BCUT2D eigenvalue weighted by Crippen LogP contribution is 2.22. The van der Waals surface area contributed by atoms with Crippen LogP contribution in [0.25, 0.3) is 0 Å². The molecule has 14 heteroatoms. The molecule has 2 aromatic rings. The molecule has 0 atom stereocenters. The largest absolute Gasteiger partial charge is 0.633 e. The second-order valence-corrected chi connectivity index (χ2v) is 10.4. The van der Waals surface area contributed by atoms with Crippen LogP contribution in [0.5, 0.6) is 0 Å². The van der Waals surface area contributed by atoms with Gasteiger partial charge < -0.3 is 61.2 Å². The second-order valence-electron chi connectivity index (χ2n) is 10.4. The number of hydroxylamine groups is 6. The van der Waals surface area contributed by atoms with E-state index in [1.807, 2.05) is 0 Å². The maximum atomic E-state index is 12.6. The Bertz CT molecular complexity index is 1290. The van der Waals surface area contributed by atoms with Gasteiger partial charge in [0.05, 0.1) is 64.0 Å². The highest BCUT2D eigenvalue weighted by molar-refractivity contribution is 6.22. The van der Waals surface area contributed by atoms with Crippen molar-refractivity contribution in [3.8, 4) is 0 Å². The first kappa shape index (κ1) is 34.6. The summed E-state index contributed by atoms with van der Waals surface area (Å²) in [5, 5.41) is 81.3. The van der Waals surface area contributed by atoms with Gasteiger partial charge in [0.2, 0.25) is 5.78 Å². The minimum atomic E-state index is -0.694. The molecular weight excluding hydrogens is 572 g/mol. The van der Waals surface area contributed by atoms with Crippen molar-refractivity contribution in [3.05, 3.63) is 82.6 Å². The van der Waals surface area contributed by atoms with E-state index < -0.39 is 15.1 Å². The topological polar surface area (TPSA) is 213 Å². The van der Waals surface area contributed by atoms with Crippen molar-refractivity contribution in [3.63, 3.8) is 0 Å². The van der Waals surface area contributed by atoms with Crippen molar-refractivity contribution in [1.82, 2.24) is 0 Å². The van der Waals surface area contributed by atoms with Crippen molar-refractivity contribution in [2.45, 2.75) is 0 Å². The third-order valence-corrected chi connectivity index (χ3v) is 7.08. The van der Waals surface area contributed by atoms with Gasteiger partial charge in [-0.2, -0.15) is 0 Å². The average Bonchev–Trinajstić information content (AvgIpc) is 2.98. The number of hydrogen-bond donors (Lipinski definition) is 8. The molecule has 8 N–H and O–H groups in total. The monoisotopic (exact) mass is 614 g/mol. The molecule has 0 aliphatic heterocycles. The normalized spacial score (nSPS) is 14.8. The number of carbonyl (C=O) groups is 1. The minimum Gasteiger partial charge on any atom is -0.633 e. The number of rotatable bonds is 19. The van der Waals surface area contributed by atoms with E-state index in [1.54, 1.807) is 48.5 Å². The Hall–Kier alpha value is -3.86. The van der Waals surface area contributed by atoms with Gasteiger partial charge in [-0.25, -0.2) is 4.99 Å². The molecule has 44 heavy (non-hydrogen) atoms. The van der Waals surface area contributed by atoms with E-state index in [2.05, 4.69) is 20.9 Å². The Kier molecular flexibility index (Phi) is 13.3. The van der Waals surface area contributed by atoms with Crippen molar-refractivity contribution in [2.24, 2.45) is 4.99 Å². The first-order valence-corrected chi connectivity index (χ1v) is 14.4. The lowest BCUT2D eigenvalue weighted by Gasteiger charge is -2.42. The number of nitrogens with zero attached hydrogens (tertiary/aromatic N) is 3. The third-order valence-electron chi connectivity index (χ3n) is 7.08. The molecule has 3 rings (SSSR count). The molecule has 0 aromatic heterocycles. The molecule has 1 aliphatic carbocycles. The molecule has 0 fully saturated rings. The number of aliphatic hydroxyl groups is 5. The summed E-state index contributed by atoms with van der Waals surface area (Å²) < 4.78 is -1.39. The van der Waals surface area contributed by atoms with E-state index in [1.165, 1.54) is 6.08 Å². The number of anilines is 3. The summed E-state index contributed by atoms with van der Waals surface area (Å²) in [6.45, 7) is 0.0420. The van der Waals surface area contributed by atoms with Crippen molar-refractivity contribution in [2.75, 3.05) is 94.7 Å². The van der Waals surface area contributed by atoms with Gasteiger partial charge in [-0.05, 0) is 54.6 Å². The zero-order chi connectivity index (χ0) is 32.0. The first-order valence-electron chi connectivity index (χ1n) is 14.4. The molecule has 0 saturated carbocycles. The van der Waals surface area contributed by atoms with Crippen LogP contribution in [0.2, 0.25) is 0 Å². The van der Waals surface area contributed by atoms with Crippen LogP contribution in [0.3, 0.4) is 0 Å². The van der Waals surface area contributed by atoms with E-state index in [4.69, 9.17) is 20.4 Å². The second kappa shape index (κ2) is 16.8. The van der Waals surface area contributed by atoms with Gasteiger partial charge in [0.25, 0.3) is 0 Å². The van der Waals surface area contributed by atoms with Crippen LogP contribution in [0.4, 0.5) is 22.7 Å². The van der Waals surface area contributed by atoms with E-state index >= 15 is 0 Å². The predicted octanol–water partition coefficient (Wildman–Crippen LogP) is 1.20. The fourth-order valence-electron chi connectivity index (χ4n) is 4.57. The number of benzene rings is 2. The van der Waals surface area contributed by atoms with Crippen LogP contribution in [0.1, 0.15) is 0 Å². The summed E-state index contributed by atoms with van der Waals surface area (Å²) in [5.41, 5.74) is 3.04. The number of ketones is 1. The van der Waals surface area contributed by atoms with Crippen LogP contribution >= 0.6 is 0 Å². The Morgan fingerprint density at radius 3 is 1.52 bits per heavy atom. The molecule has 0 saturated heterocycles. The van der Waals surface area contributed by atoms with Gasteiger partial charge in [0.1, 0.15) is 37.6 Å². The molecule has 2 aromatic carbocycles. The zero-order valence-corrected chi connectivity index (χ0v) is 24.6. The van der Waals surface area contributed by atoms with Crippen molar-refractivity contribution >= 4 is 34.2 Å². The zero-order valence-electron chi connectivity index (χ0n) is 24.6. The predicted molar refractivity (Wildman–Crippen MR) is 169 cm³/mol. The molecule has 0 amide bonds. The van der Waals surface area contributed by atoms with E-state index in [0.717, 1.165) is 17.5 Å². The quantitative estimate of drug-likeness (QED) is 0.0640. The Balaban J connectivity index is 1.59. The van der Waals surface area contributed by atoms with Crippen molar-refractivity contribution < 1.29 is 39.6 Å². The van der Waals surface area contributed by atoms with Gasteiger partial charge in [0.15, 0.2) is 0 Å². The van der Waals surface area contributed by atoms with E-state index in [-0.39, 0.29) is 82.9 Å². The summed E-state index contributed by atoms with van der Waals surface area (Å²) in [4.78, 5) is 17.0. The van der Waals surface area contributed by atoms with Crippen LogP contribution < -0.4 is 16.0 Å². The maximum absolute atomic E-state index is 12.6. The standard InChI is InChI=1S/C30H42N6O8/c37-17-13-35(43,14-18-38)11-9-31-23-1-5-25(6-2-23)33-27-21-28(30(42)22-29(27)41)34-26-7-3-24(4-8-26)32-10-12-36(44,15-19-39)16-20-40/h1-8,21-22,31-33,37-40,42H,9-20H2/b34-28+. The average molecular weight is 615 g/mol. The van der Waals surface area contributed by atoms with Gasteiger partial charge in [-0.3, -0.25) is 4.79 Å². The lowest BCUT2D eigenvalue weighted by atomic mass is 10.1. The van der Waals surface area contributed by atoms with Gasteiger partial charge in [-0.15, -0.1) is 0 Å². The van der Waals surface area contributed by atoms with Gasteiger partial charge >= 0.3 is 0 Å². The summed E-state index contributed by atoms with van der Waals surface area (Å²) >= 11 is 0. The Morgan fingerprint density at radius 2 is 1.07 bits per heavy atom. The van der Waals surface area contributed by atoms with Gasteiger partial charge in [-0.1, -0.05) is 0 Å². The van der Waals surface area contributed by atoms with Crippen LogP contribution in [-0.4, -0.2) is 125 Å². The number of allylic oxidation sites excluding steroid dienone is 2. The molecule has 14 nitrogen and oxygen atoms in total. The first-order chi connectivity index (χ1) is 21.1. The Morgan fingerprint density at radius 1 is 0.636 bits per heavy atom. The molecule has 240 valence electrons. The summed E-state index contributed by atoms with van der Waals surface area (Å²) in [5.74, 6) is -0.689. The van der Waals surface area contributed by atoms with Crippen molar-refractivity contribution in [1.29, 1.82) is 0 Å². The molecule has 0 heterocycles. The number of quaternary nitrogens is 2. The number of carbonyl (C=O) groups excluding carboxylic acids is 1. The lowest BCUT2D eigenvalue weighted by molar-refractivity contribution is -0.879. The SMILES string of the molecule is O=C1C=C(O)/C(=N/c2ccc(NCC[N+]([O-])(CCO)CCO)cc2)C=C1Nc1ccc(NCC[N+]([O-])(CCO)CCO)cc1. The summed E-state index contributed by atoms with van der Waals surface area (Å²) in [6, 6.07) is 14.0. The third kappa shape index (κ3) is 10.7. The minimum absolute atomic E-state index is 0.00800. The molecule has 0 radical (unpaired) electrons. The molecule has 0 unspecified atom stereocenters. The number of nitrogens with one attached hydrogen (secondary N) is 3. The van der Waals surface area contributed by atoms with Gasteiger partial charge in [0, 0.05) is 23.1 Å². The lowest BCUT2D eigenvalue weighted by Crippen LogP contribution is -2.49. The van der Waals surface area contributed by atoms with Crippen LogP contribution in [-0.2, 0) is 4.79 Å². The maximum Gasteiger partial charge on any atom is 0.205 e. The van der Waals surface area contributed by atoms with E-state index in [9.17, 15) is 20.3 Å². The summed E-state index contributed by atoms with van der Waals surface area (Å²) in [7, 11) is 0.